The minimum absolute atomic E-state index is 0.0118. The smallest absolute Gasteiger partial charge is 0.191 e. The van der Waals surface area contributed by atoms with Crippen molar-refractivity contribution < 1.29 is 18.8 Å². The third-order valence-electron chi connectivity index (χ3n) is 2.62. The van der Waals surface area contributed by atoms with Crippen LogP contribution < -0.4 is 10.2 Å². The van der Waals surface area contributed by atoms with Crippen LogP contribution >= 0.6 is 0 Å². The highest BCUT2D eigenvalue weighted by Crippen LogP contribution is 2.26. The Morgan fingerprint density at radius 2 is 1.41 bits per heavy atom. The maximum Gasteiger partial charge on any atom is 0.191 e. The highest BCUT2D eigenvalue weighted by Gasteiger charge is 2.38. The number of hydrazine groups is 3. The van der Waals surface area contributed by atoms with Gasteiger partial charge in [0.1, 0.15) is 5.69 Å². The molecule has 0 saturated heterocycles. The first-order chi connectivity index (χ1) is 10.4. The molecule has 0 aliphatic rings. The Morgan fingerprint density at radius 1 is 0.818 bits per heavy atom. The third kappa shape index (κ3) is 2.75. The van der Waals surface area contributed by atoms with E-state index in [4.69, 9.17) is 0 Å². The second-order valence-corrected chi connectivity index (χ2v) is 3.96. The van der Waals surface area contributed by atoms with E-state index in [0.717, 1.165) is 18.2 Å². The first-order valence-corrected chi connectivity index (χ1v) is 5.81. The van der Waals surface area contributed by atoms with E-state index in [-0.39, 0.29) is 15.9 Å². The monoisotopic (exact) mass is 310 g/mol. The Labute approximate surface area is 122 Å². The highest BCUT2D eigenvalue weighted by molar-refractivity contribution is 5.53. The Balaban J connectivity index is 2.61. The van der Waals surface area contributed by atoms with Crippen LogP contribution in [-0.4, -0.2) is 10.1 Å². The van der Waals surface area contributed by atoms with Gasteiger partial charge in [-0.3, -0.25) is 0 Å². The Hall–Kier alpha value is -3.30. The normalized spacial score (nSPS) is 10.1. The molecule has 0 aliphatic heterocycles. The topological polar surface area (TPSA) is 92.8 Å². The standard InChI is InChI=1S/C12H8F2N4O4/c13-10-7-4-8-11(12(10)14)16(18(21)22)15(17(19)20)9-5-2-1-3-6-9/h1-8H. The third-order valence-corrected chi connectivity index (χ3v) is 2.62. The van der Waals surface area contributed by atoms with Crippen molar-refractivity contribution in [3.63, 3.8) is 0 Å². The second-order valence-electron chi connectivity index (χ2n) is 3.96. The fourth-order valence-electron chi connectivity index (χ4n) is 1.74. The first kappa shape index (κ1) is 15.1. The highest BCUT2D eigenvalue weighted by atomic mass is 19.2. The average molecular weight is 310 g/mol. The zero-order valence-corrected chi connectivity index (χ0v) is 10.8. The first-order valence-electron chi connectivity index (χ1n) is 5.81. The molecule has 2 aromatic rings. The molecule has 0 aromatic heterocycles. The quantitative estimate of drug-likeness (QED) is 0.622. The van der Waals surface area contributed by atoms with Gasteiger partial charge in [0.15, 0.2) is 27.4 Å². The average Bonchev–Trinajstić information content (AvgIpc) is 2.48. The molecule has 10 heteroatoms. The van der Waals surface area contributed by atoms with Crippen molar-refractivity contribution in [3.8, 4) is 0 Å². The molecule has 0 spiro atoms. The van der Waals surface area contributed by atoms with Crippen molar-refractivity contribution in [1.29, 1.82) is 0 Å². The van der Waals surface area contributed by atoms with Crippen LogP contribution in [-0.2, 0) is 0 Å². The number of halogens is 2. The van der Waals surface area contributed by atoms with Gasteiger partial charge in [-0.2, -0.15) is 0 Å². The number of nitro groups is 2. The summed E-state index contributed by atoms with van der Waals surface area (Å²) in [6.45, 7) is 0. The minimum atomic E-state index is -1.57. The lowest BCUT2D eigenvalue weighted by Gasteiger charge is -2.20. The predicted molar refractivity (Wildman–Crippen MR) is 71.7 cm³/mol. The van der Waals surface area contributed by atoms with Gasteiger partial charge in [0, 0.05) is 0 Å². The number of hydrogen-bond donors (Lipinski definition) is 0. The molecular formula is C12H8F2N4O4. The molecular weight excluding hydrogens is 302 g/mol. The molecule has 8 nitrogen and oxygen atoms in total. The summed E-state index contributed by atoms with van der Waals surface area (Å²) in [4.78, 5) is 22.4. The van der Waals surface area contributed by atoms with Gasteiger partial charge in [-0.1, -0.05) is 24.3 Å². The van der Waals surface area contributed by atoms with Crippen LogP contribution in [0.1, 0.15) is 0 Å². The Morgan fingerprint density at radius 3 is 1.95 bits per heavy atom. The number of nitrogens with zero attached hydrogens (tertiary/aromatic N) is 4. The van der Waals surface area contributed by atoms with E-state index < -0.39 is 27.4 Å². The van der Waals surface area contributed by atoms with Crippen LogP contribution in [0.5, 0.6) is 0 Å². The molecule has 0 fully saturated rings. The molecule has 0 atom stereocenters. The molecule has 0 unspecified atom stereocenters. The molecule has 22 heavy (non-hydrogen) atoms. The summed E-state index contributed by atoms with van der Waals surface area (Å²) >= 11 is 0. The van der Waals surface area contributed by atoms with E-state index in [0.29, 0.717) is 0 Å². The molecule has 114 valence electrons. The molecule has 2 rings (SSSR count). The van der Waals surface area contributed by atoms with E-state index in [1.54, 1.807) is 6.07 Å². The van der Waals surface area contributed by atoms with Gasteiger partial charge < -0.3 is 0 Å². The van der Waals surface area contributed by atoms with E-state index >= 15 is 0 Å². The van der Waals surface area contributed by atoms with Crippen LogP contribution in [0.4, 0.5) is 20.2 Å². The van der Waals surface area contributed by atoms with Gasteiger partial charge in [0.25, 0.3) is 0 Å². The zero-order chi connectivity index (χ0) is 16.3. The fourth-order valence-corrected chi connectivity index (χ4v) is 1.74. The van der Waals surface area contributed by atoms with Crippen molar-refractivity contribution in [3.05, 3.63) is 80.4 Å². The largest absolute Gasteiger partial charge is 0.233 e. The molecule has 0 radical (unpaired) electrons. The number of anilines is 2. The van der Waals surface area contributed by atoms with Crippen molar-refractivity contribution in [2.75, 3.05) is 10.2 Å². The van der Waals surface area contributed by atoms with E-state index in [2.05, 4.69) is 0 Å². The molecule has 2 aromatic carbocycles. The lowest BCUT2D eigenvalue weighted by atomic mass is 10.3. The summed E-state index contributed by atoms with van der Waals surface area (Å²) in [6, 6.07) is 9.41. The number of rotatable bonds is 5. The number of benzene rings is 2. The van der Waals surface area contributed by atoms with Crippen LogP contribution in [0.2, 0.25) is 0 Å². The maximum absolute atomic E-state index is 13.8. The van der Waals surface area contributed by atoms with E-state index in [1.807, 2.05) is 0 Å². The van der Waals surface area contributed by atoms with E-state index in [1.165, 1.54) is 24.3 Å². The SMILES string of the molecule is O=[N+]([O-])N(c1ccccc1)N(c1cccc(F)c1F)[N+](=O)[O-]. The molecule has 0 aliphatic carbocycles. The molecule has 0 amide bonds. The summed E-state index contributed by atoms with van der Waals surface area (Å²) < 4.78 is 27.0. The Kier molecular flexibility index (Phi) is 4.11. The van der Waals surface area contributed by atoms with Gasteiger partial charge in [0.05, 0.1) is 10.2 Å². The van der Waals surface area contributed by atoms with Crippen LogP contribution in [0.3, 0.4) is 0 Å². The molecule has 0 N–H and O–H groups in total. The van der Waals surface area contributed by atoms with Crippen LogP contribution in [0, 0.1) is 31.9 Å². The predicted octanol–water partition coefficient (Wildman–Crippen LogP) is 2.58. The van der Waals surface area contributed by atoms with E-state index in [9.17, 15) is 29.0 Å². The summed E-state index contributed by atoms with van der Waals surface area (Å²) in [6.07, 6.45) is 0. The molecule has 0 heterocycles. The second kappa shape index (κ2) is 5.99. The van der Waals surface area contributed by atoms with Crippen molar-refractivity contribution in [1.82, 2.24) is 0 Å². The minimum Gasteiger partial charge on any atom is -0.233 e. The number of hydrogen-bond acceptors (Lipinski definition) is 4. The lowest BCUT2D eigenvalue weighted by Crippen LogP contribution is -2.50. The van der Waals surface area contributed by atoms with Gasteiger partial charge in [-0.25, -0.2) is 29.0 Å². The van der Waals surface area contributed by atoms with Gasteiger partial charge >= 0.3 is 0 Å². The molecule has 0 saturated carbocycles. The summed E-state index contributed by atoms with van der Waals surface area (Å²) in [5, 5.41) is 19.9. The summed E-state index contributed by atoms with van der Waals surface area (Å²) in [5.41, 5.74) is -1.10. The van der Waals surface area contributed by atoms with Gasteiger partial charge in [-0.15, -0.1) is 0 Å². The number of para-hydroxylation sites is 1. The summed E-state index contributed by atoms with van der Waals surface area (Å²) in [7, 11) is 0. The van der Waals surface area contributed by atoms with Gasteiger partial charge in [-0.05, 0) is 24.3 Å². The molecule has 0 bridgehead atoms. The van der Waals surface area contributed by atoms with Crippen molar-refractivity contribution in [2.24, 2.45) is 0 Å². The summed E-state index contributed by atoms with van der Waals surface area (Å²) in [5.74, 6) is -2.93. The lowest BCUT2D eigenvalue weighted by molar-refractivity contribution is -0.581. The Bertz CT molecular complexity index is 714. The van der Waals surface area contributed by atoms with Crippen molar-refractivity contribution in [2.45, 2.75) is 0 Å². The van der Waals surface area contributed by atoms with Crippen LogP contribution in [0.15, 0.2) is 48.5 Å². The van der Waals surface area contributed by atoms with Crippen molar-refractivity contribution >= 4 is 11.4 Å². The fraction of sp³-hybridized carbons (Fsp3) is 0. The zero-order valence-electron chi connectivity index (χ0n) is 10.8. The maximum atomic E-state index is 13.8. The van der Waals surface area contributed by atoms with Gasteiger partial charge in [0.2, 0.25) is 0 Å². The van der Waals surface area contributed by atoms with Crippen LogP contribution in [0.25, 0.3) is 0 Å².